The molecule has 4 aromatic rings. The topological polar surface area (TPSA) is 46.9 Å². The van der Waals surface area contributed by atoms with Crippen molar-refractivity contribution in [1.82, 2.24) is 14.9 Å². The maximum Gasteiger partial charge on any atom is 0.224 e. The van der Waals surface area contributed by atoms with Gasteiger partial charge in [-0.15, -0.1) is 0 Å². The quantitative estimate of drug-likeness (QED) is 0.296. The van der Waals surface area contributed by atoms with Gasteiger partial charge < -0.3 is 9.88 Å². The van der Waals surface area contributed by atoms with Crippen molar-refractivity contribution in [3.63, 3.8) is 0 Å². The third-order valence-electron chi connectivity index (χ3n) is 5.27. The van der Waals surface area contributed by atoms with Gasteiger partial charge in [0.25, 0.3) is 0 Å². The number of halogens is 3. The molecule has 0 fully saturated rings. The monoisotopic (exact) mass is 485 g/mol. The molecule has 4 nitrogen and oxygen atoms in total. The highest BCUT2D eigenvalue weighted by Crippen LogP contribution is 2.25. The number of aryl methyl sites for hydroxylation is 1. The predicted molar refractivity (Wildman–Crippen MR) is 132 cm³/mol. The molecule has 3 aromatic carbocycles. The van der Waals surface area contributed by atoms with Gasteiger partial charge in [-0.3, -0.25) is 4.79 Å². The van der Waals surface area contributed by atoms with Crippen molar-refractivity contribution in [2.45, 2.75) is 25.8 Å². The van der Waals surface area contributed by atoms with Crippen LogP contribution in [0.2, 0.25) is 15.1 Å². The molecule has 1 N–H and O–H groups in total. The zero-order chi connectivity index (χ0) is 22.5. The molecule has 0 radical (unpaired) electrons. The number of hydrogen-bond donors (Lipinski definition) is 1. The molecule has 164 valence electrons. The van der Waals surface area contributed by atoms with Crippen LogP contribution in [0.4, 0.5) is 0 Å². The highest BCUT2D eigenvalue weighted by molar-refractivity contribution is 6.42. The molecule has 0 aliphatic carbocycles. The summed E-state index contributed by atoms with van der Waals surface area (Å²) in [7, 11) is 0. The van der Waals surface area contributed by atoms with E-state index >= 15 is 0 Å². The maximum absolute atomic E-state index is 12.3. The van der Waals surface area contributed by atoms with Crippen molar-refractivity contribution < 1.29 is 4.79 Å². The summed E-state index contributed by atoms with van der Waals surface area (Å²) in [5.41, 5.74) is 3.90. The summed E-state index contributed by atoms with van der Waals surface area (Å²) in [5, 5.41) is 4.67. The van der Waals surface area contributed by atoms with Crippen LogP contribution in [0, 0.1) is 0 Å². The zero-order valence-corrected chi connectivity index (χ0v) is 19.6. The van der Waals surface area contributed by atoms with Crippen LogP contribution in [-0.2, 0) is 24.2 Å². The lowest BCUT2D eigenvalue weighted by Crippen LogP contribution is -2.26. The minimum Gasteiger partial charge on any atom is -0.356 e. The van der Waals surface area contributed by atoms with Crippen LogP contribution in [0.5, 0.6) is 0 Å². The Kier molecular flexibility index (Phi) is 7.36. The van der Waals surface area contributed by atoms with Crippen LogP contribution in [0.3, 0.4) is 0 Å². The fourth-order valence-electron chi connectivity index (χ4n) is 3.66. The molecule has 0 saturated carbocycles. The van der Waals surface area contributed by atoms with Gasteiger partial charge >= 0.3 is 0 Å². The average Bonchev–Trinajstić information content (AvgIpc) is 3.13. The number of carbonyl (C=O) groups excluding carboxylic acids is 1. The van der Waals surface area contributed by atoms with Crippen molar-refractivity contribution in [1.29, 1.82) is 0 Å². The molecule has 1 heterocycles. The number of fused-ring (bicyclic) bond motifs is 1. The van der Waals surface area contributed by atoms with Crippen LogP contribution in [0.1, 0.15) is 23.4 Å². The summed E-state index contributed by atoms with van der Waals surface area (Å²) < 4.78 is 2.19. The van der Waals surface area contributed by atoms with E-state index in [2.05, 4.69) is 16.0 Å². The Labute approximate surface area is 202 Å². The number of carbonyl (C=O) groups is 1. The van der Waals surface area contributed by atoms with Crippen molar-refractivity contribution in [3.8, 4) is 0 Å². The van der Waals surface area contributed by atoms with E-state index in [9.17, 15) is 4.79 Å². The lowest BCUT2D eigenvalue weighted by Gasteiger charge is -2.11. The van der Waals surface area contributed by atoms with Gasteiger partial charge in [0.1, 0.15) is 5.82 Å². The second kappa shape index (κ2) is 10.4. The lowest BCUT2D eigenvalue weighted by molar-refractivity contribution is -0.120. The van der Waals surface area contributed by atoms with E-state index in [-0.39, 0.29) is 12.3 Å². The Balaban J connectivity index is 1.41. The summed E-state index contributed by atoms with van der Waals surface area (Å²) >= 11 is 18.4. The summed E-state index contributed by atoms with van der Waals surface area (Å²) in [4.78, 5) is 17.1. The maximum atomic E-state index is 12.3. The average molecular weight is 487 g/mol. The molecule has 7 heteroatoms. The predicted octanol–water partition coefficient (Wildman–Crippen LogP) is 6.34. The van der Waals surface area contributed by atoms with E-state index in [0.29, 0.717) is 28.2 Å². The van der Waals surface area contributed by atoms with E-state index < -0.39 is 0 Å². The number of nitrogens with zero attached hydrogens (tertiary/aromatic N) is 2. The van der Waals surface area contributed by atoms with Crippen LogP contribution in [-0.4, -0.2) is 22.0 Å². The minimum absolute atomic E-state index is 0.0394. The molecule has 0 aliphatic heterocycles. The lowest BCUT2D eigenvalue weighted by atomic mass is 10.1. The SMILES string of the molecule is O=C(Cc1ccccc1Cl)NCCCc1nc2ccccc2n1Cc1ccc(Cl)c(Cl)c1. The highest BCUT2D eigenvalue weighted by Gasteiger charge is 2.12. The molecule has 1 amide bonds. The first-order valence-electron chi connectivity index (χ1n) is 10.4. The standard InChI is InChI=1S/C25H22Cl3N3O/c26-19-7-2-1-6-18(19)15-25(32)29-13-5-10-24-30-22-8-3-4-9-23(22)31(24)16-17-11-12-20(27)21(28)14-17/h1-4,6-9,11-12,14H,5,10,13,15-16H2,(H,29,32). The third-order valence-corrected chi connectivity index (χ3v) is 6.37. The van der Waals surface area contributed by atoms with Crippen LogP contribution in [0.15, 0.2) is 66.7 Å². The molecule has 0 atom stereocenters. The minimum atomic E-state index is -0.0394. The zero-order valence-electron chi connectivity index (χ0n) is 17.3. The van der Waals surface area contributed by atoms with Gasteiger partial charge in [0.05, 0.1) is 27.5 Å². The van der Waals surface area contributed by atoms with Gasteiger partial charge in [-0.2, -0.15) is 0 Å². The molecule has 4 rings (SSSR count). The summed E-state index contributed by atoms with van der Waals surface area (Å²) in [5.74, 6) is 0.931. The molecular weight excluding hydrogens is 465 g/mol. The highest BCUT2D eigenvalue weighted by atomic mass is 35.5. The molecule has 32 heavy (non-hydrogen) atoms. The smallest absolute Gasteiger partial charge is 0.224 e. The van der Waals surface area contributed by atoms with Crippen molar-refractivity contribution >= 4 is 51.7 Å². The fraction of sp³-hybridized carbons (Fsp3) is 0.200. The Hall–Kier alpha value is -2.53. The van der Waals surface area contributed by atoms with E-state index in [1.807, 2.05) is 54.6 Å². The Morgan fingerprint density at radius 1 is 0.906 bits per heavy atom. The van der Waals surface area contributed by atoms with Gasteiger partial charge in [-0.05, 0) is 47.9 Å². The fourth-order valence-corrected chi connectivity index (χ4v) is 4.19. The second-order valence-corrected chi connectivity index (χ2v) is 8.79. The number of imidazole rings is 1. The summed E-state index contributed by atoms with van der Waals surface area (Å²) in [6.45, 7) is 1.21. The van der Waals surface area contributed by atoms with Crippen molar-refractivity contribution in [2.75, 3.05) is 6.54 Å². The van der Waals surface area contributed by atoms with E-state index in [4.69, 9.17) is 39.8 Å². The van der Waals surface area contributed by atoms with Gasteiger partial charge in [0, 0.05) is 24.5 Å². The van der Waals surface area contributed by atoms with Gasteiger partial charge in [0.15, 0.2) is 0 Å². The van der Waals surface area contributed by atoms with Crippen LogP contribution >= 0.6 is 34.8 Å². The van der Waals surface area contributed by atoms with E-state index in [1.54, 1.807) is 6.07 Å². The normalized spacial score (nSPS) is 11.1. The number of para-hydroxylation sites is 2. The molecular formula is C25H22Cl3N3O. The van der Waals surface area contributed by atoms with Crippen LogP contribution in [0.25, 0.3) is 11.0 Å². The number of amides is 1. The van der Waals surface area contributed by atoms with E-state index in [0.717, 1.165) is 40.8 Å². The first-order valence-corrected chi connectivity index (χ1v) is 11.5. The Morgan fingerprint density at radius 2 is 1.69 bits per heavy atom. The molecule has 0 bridgehead atoms. The van der Waals surface area contributed by atoms with Crippen molar-refractivity contribution in [3.05, 3.63) is 98.7 Å². The first kappa shape index (κ1) is 22.7. The van der Waals surface area contributed by atoms with Gasteiger partial charge in [-0.1, -0.05) is 71.2 Å². The van der Waals surface area contributed by atoms with Crippen molar-refractivity contribution in [2.24, 2.45) is 0 Å². The summed E-state index contributed by atoms with van der Waals surface area (Å²) in [6.07, 6.45) is 1.79. The first-order chi connectivity index (χ1) is 15.5. The largest absolute Gasteiger partial charge is 0.356 e. The number of aromatic nitrogens is 2. The Morgan fingerprint density at radius 3 is 2.50 bits per heavy atom. The second-order valence-electron chi connectivity index (χ2n) is 7.57. The number of rotatable bonds is 8. The number of benzene rings is 3. The molecule has 0 spiro atoms. The number of nitrogens with one attached hydrogen (secondary N) is 1. The molecule has 1 aromatic heterocycles. The van der Waals surface area contributed by atoms with E-state index in [1.165, 1.54) is 0 Å². The summed E-state index contributed by atoms with van der Waals surface area (Å²) in [6, 6.07) is 21.1. The number of hydrogen-bond acceptors (Lipinski definition) is 2. The molecule has 0 aliphatic rings. The van der Waals surface area contributed by atoms with Gasteiger partial charge in [-0.25, -0.2) is 4.98 Å². The third kappa shape index (κ3) is 5.44. The molecule has 0 unspecified atom stereocenters. The Bertz CT molecular complexity index is 1250. The molecule has 0 saturated heterocycles. The van der Waals surface area contributed by atoms with Crippen LogP contribution < -0.4 is 5.32 Å². The van der Waals surface area contributed by atoms with Gasteiger partial charge in [0.2, 0.25) is 5.91 Å².